The lowest BCUT2D eigenvalue weighted by atomic mass is 10.0. The Balaban J connectivity index is 1.44. The Morgan fingerprint density at radius 1 is 1.17 bits per heavy atom. The molecular weight excluding hydrogens is 293 g/mol. The fourth-order valence-electron chi connectivity index (χ4n) is 3.52. The van der Waals surface area contributed by atoms with Crippen molar-refractivity contribution < 1.29 is 9.18 Å². The van der Waals surface area contributed by atoms with Crippen molar-refractivity contribution >= 4 is 5.91 Å². The van der Waals surface area contributed by atoms with Crippen LogP contribution in [0.2, 0.25) is 0 Å². The van der Waals surface area contributed by atoms with Crippen LogP contribution < -0.4 is 5.32 Å². The van der Waals surface area contributed by atoms with E-state index >= 15 is 0 Å². The summed E-state index contributed by atoms with van der Waals surface area (Å²) >= 11 is 0. The first kappa shape index (κ1) is 16.4. The van der Waals surface area contributed by atoms with Gasteiger partial charge in [-0.05, 0) is 57.1 Å². The highest BCUT2D eigenvalue weighted by Crippen LogP contribution is 2.16. The quantitative estimate of drug-likeness (QED) is 0.896. The van der Waals surface area contributed by atoms with Crippen molar-refractivity contribution in [2.75, 3.05) is 33.2 Å². The van der Waals surface area contributed by atoms with Crippen molar-refractivity contribution in [3.8, 4) is 0 Å². The Bertz CT molecular complexity index is 526. The number of hydrogen-bond donors (Lipinski definition) is 1. The molecule has 2 aliphatic rings. The highest BCUT2D eigenvalue weighted by Gasteiger charge is 2.31. The third kappa shape index (κ3) is 4.52. The number of carbonyl (C=O) groups is 1. The Hall–Kier alpha value is -1.46. The van der Waals surface area contributed by atoms with Gasteiger partial charge < -0.3 is 15.1 Å². The van der Waals surface area contributed by atoms with E-state index in [9.17, 15) is 9.18 Å². The van der Waals surface area contributed by atoms with E-state index < -0.39 is 0 Å². The topological polar surface area (TPSA) is 35.6 Å². The van der Waals surface area contributed by atoms with Crippen LogP contribution in [0.15, 0.2) is 24.3 Å². The SMILES string of the molecule is CN1CCC(N[C@@H]2CC(=O)N(CCc3ccc(F)cc3)C2)CC1. The molecule has 3 rings (SSSR count). The van der Waals surface area contributed by atoms with E-state index in [-0.39, 0.29) is 17.8 Å². The van der Waals surface area contributed by atoms with Crippen LogP contribution in [-0.2, 0) is 11.2 Å². The summed E-state index contributed by atoms with van der Waals surface area (Å²) in [5.41, 5.74) is 1.07. The highest BCUT2D eigenvalue weighted by molar-refractivity contribution is 5.79. The molecule has 2 aliphatic heterocycles. The van der Waals surface area contributed by atoms with E-state index in [0.29, 0.717) is 12.5 Å². The maximum absolute atomic E-state index is 12.9. The normalized spacial score (nSPS) is 23.7. The molecular formula is C18H26FN3O. The van der Waals surface area contributed by atoms with E-state index in [0.717, 1.165) is 51.0 Å². The van der Waals surface area contributed by atoms with Gasteiger partial charge in [0.15, 0.2) is 0 Å². The molecule has 0 spiro atoms. The number of nitrogens with one attached hydrogen (secondary N) is 1. The molecule has 0 saturated carbocycles. The number of piperidine rings is 1. The largest absolute Gasteiger partial charge is 0.341 e. The Morgan fingerprint density at radius 3 is 2.57 bits per heavy atom. The number of amides is 1. The minimum atomic E-state index is -0.214. The molecule has 1 aromatic rings. The molecule has 5 heteroatoms. The molecule has 0 radical (unpaired) electrons. The minimum Gasteiger partial charge on any atom is -0.341 e. The van der Waals surface area contributed by atoms with Crippen LogP contribution in [0.1, 0.15) is 24.8 Å². The summed E-state index contributed by atoms with van der Waals surface area (Å²) in [4.78, 5) is 16.5. The van der Waals surface area contributed by atoms with Gasteiger partial charge in [0.1, 0.15) is 5.82 Å². The van der Waals surface area contributed by atoms with Crippen molar-refractivity contribution in [3.63, 3.8) is 0 Å². The number of nitrogens with zero attached hydrogens (tertiary/aromatic N) is 2. The van der Waals surface area contributed by atoms with Crippen LogP contribution in [0.4, 0.5) is 4.39 Å². The Kier molecular flexibility index (Phi) is 5.28. The van der Waals surface area contributed by atoms with E-state index in [4.69, 9.17) is 0 Å². The summed E-state index contributed by atoms with van der Waals surface area (Å²) in [6, 6.07) is 7.37. The zero-order chi connectivity index (χ0) is 16.2. The minimum absolute atomic E-state index is 0.214. The van der Waals surface area contributed by atoms with Crippen molar-refractivity contribution in [2.45, 2.75) is 37.8 Å². The number of rotatable bonds is 5. The number of halogens is 1. The molecule has 126 valence electrons. The first-order chi connectivity index (χ1) is 11.1. The fourth-order valence-corrected chi connectivity index (χ4v) is 3.52. The standard InChI is InChI=1S/C18H26FN3O/c1-21-9-7-16(8-10-21)20-17-12-18(23)22(13-17)11-6-14-2-4-15(19)5-3-14/h2-5,16-17,20H,6-13H2,1H3/t17-/m1/s1. The summed E-state index contributed by atoms with van der Waals surface area (Å²) in [6.07, 6.45) is 3.72. The highest BCUT2D eigenvalue weighted by atomic mass is 19.1. The summed E-state index contributed by atoms with van der Waals surface area (Å²) in [7, 11) is 2.16. The van der Waals surface area contributed by atoms with Crippen molar-refractivity contribution in [1.82, 2.24) is 15.1 Å². The molecule has 2 saturated heterocycles. The molecule has 23 heavy (non-hydrogen) atoms. The number of benzene rings is 1. The maximum atomic E-state index is 12.9. The average molecular weight is 319 g/mol. The zero-order valence-electron chi connectivity index (χ0n) is 13.8. The molecule has 4 nitrogen and oxygen atoms in total. The van der Waals surface area contributed by atoms with Crippen molar-refractivity contribution in [2.24, 2.45) is 0 Å². The van der Waals surface area contributed by atoms with Gasteiger partial charge in [0.25, 0.3) is 0 Å². The zero-order valence-corrected chi connectivity index (χ0v) is 13.8. The van der Waals surface area contributed by atoms with Gasteiger partial charge in [-0.25, -0.2) is 4.39 Å². The maximum Gasteiger partial charge on any atom is 0.224 e. The third-order valence-corrected chi connectivity index (χ3v) is 4.99. The predicted molar refractivity (Wildman–Crippen MR) is 88.7 cm³/mol. The number of hydrogen-bond acceptors (Lipinski definition) is 3. The lowest BCUT2D eigenvalue weighted by Crippen LogP contribution is -2.46. The molecule has 0 aromatic heterocycles. The van der Waals surface area contributed by atoms with E-state index in [1.807, 2.05) is 4.90 Å². The van der Waals surface area contributed by atoms with Gasteiger partial charge in [-0.1, -0.05) is 12.1 Å². The average Bonchev–Trinajstić information content (AvgIpc) is 2.89. The molecule has 2 fully saturated rings. The Morgan fingerprint density at radius 2 is 1.87 bits per heavy atom. The first-order valence-corrected chi connectivity index (χ1v) is 8.57. The molecule has 0 aliphatic carbocycles. The monoisotopic (exact) mass is 319 g/mol. The lowest BCUT2D eigenvalue weighted by Gasteiger charge is -2.31. The van der Waals surface area contributed by atoms with Crippen LogP contribution in [0, 0.1) is 5.82 Å². The fraction of sp³-hybridized carbons (Fsp3) is 0.611. The van der Waals surface area contributed by atoms with Crippen molar-refractivity contribution in [1.29, 1.82) is 0 Å². The number of likely N-dealkylation sites (tertiary alicyclic amines) is 2. The molecule has 1 atom stereocenters. The molecule has 1 amide bonds. The summed E-state index contributed by atoms with van der Waals surface area (Å²) in [6.45, 7) is 3.78. The van der Waals surface area contributed by atoms with E-state index in [2.05, 4.69) is 17.3 Å². The van der Waals surface area contributed by atoms with Crippen LogP contribution in [-0.4, -0.2) is 61.0 Å². The van der Waals surface area contributed by atoms with Crippen LogP contribution >= 0.6 is 0 Å². The second-order valence-electron chi connectivity index (χ2n) is 6.86. The summed E-state index contributed by atoms with van der Waals surface area (Å²) < 4.78 is 12.9. The molecule has 2 heterocycles. The smallest absolute Gasteiger partial charge is 0.224 e. The Labute approximate surface area is 137 Å². The summed E-state index contributed by atoms with van der Waals surface area (Å²) in [5, 5.41) is 3.67. The molecule has 0 unspecified atom stereocenters. The molecule has 1 N–H and O–H groups in total. The summed E-state index contributed by atoms with van der Waals surface area (Å²) in [5.74, 6) is 0.0194. The van der Waals surface area contributed by atoms with E-state index in [1.165, 1.54) is 12.1 Å². The van der Waals surface area contributed by atoms with Crippen LogP contribution in [0.25, 0.3) is 0 Å². The van der Waals surface area contributed by atoms with Crippen molar-refractivity contribution in [3.05, 3.63) is 35.6 Å². The van der Waals surface area contributed by atoms with Gasteiger partial charge in [-0.2, -0.15) is 0 Å². The molecule has 0 bridgehead atoms. The van der Waals surface area contributed by atoms with Gasteiger partial charge in [-0.3, -0.25) is 4.79 Å². The number of carbonyl (C=O) groups excluding carboxylic acids is 1. The van der Waals surface area contributed by atoms with Gasteiger partial charge in [0, 0.05) is 31.6 Å². The van der Waals surface area contributed by atoms with Gasteiger partial charge in [0.2, 0.25) is 5.91 Å². The lowest BCUT2D eigenvalue weighted by molar-refractivity contribution is -0.127. The first-order valence-electron chi connectivity index (χ1n) is 8.57. The van der Waals surface area contributed by atoms with E-state index in [1.54, 1.807) is 12.1 Å². The van der Waals surface area contributed by atoms with Gasteiger partial charge in [-0.15, -0.1) is 0 Å². The second-order valence-corrected chi connectivity index (χ2v) is 6.86. The second kappa shape index (κ2) is 7.41. The van der Waals surface area contributed by atoms with Gasteiger partial charge in [0.05, 0.1) is 0 Å². The van der Waals surface area contributed by atoms with Crippen LogP contribution in [0.3, 0.4) is 0 Å². The third-order valence-electron chi connectivity index (χ3n) is 4.99. The van der Waals surface area contributed by atoms with Crippen LogP contribution in [0.5, 0.6) is 0 Å². The van der Waals surface area contributed by atoms with Gasteiger partial charge >= 0.3 is 0 Å². The molecule has 1 aromatic carbocycles. The predicted octanol–water partition coefficient (Wildman–Crippen LogP) is 1.65.